The van der Waals surface area contributed by atoms with Gasteiger partial charge in [-0.3, -0.25) is 4.79 Å². The number of aromatic nitrogens is 1. The van der Waals surface area contributed by atoms with Crippen molar-refractivity contribution in [1.82, 2.24) is 4.98 Å². The lowest BCUT2D eigenvalue weighted by atomic mass is 10.1. The summed E-state index contributed by atoms with van der Waals surface area (Å²) in [7, 11) is 0. The topological polar surface area (TPSA) is 43.1 Å². The Balaban J connectivity index is 2.63. The van der Waals surface area contributed by atoms with Crippen LogP contribution >= 0.6 is 11.6 Å². The molecule has 4 heteroatoms. The molecular weight excluding hydrogens is 214 g/mol. The van der Waals surface area contributed by atoms with Crippen LogP contribution in [0.3, 0.4) is 0 Å². The van der Waals surface area contributed by atoms with E-state index in [-0.39, 0.29) is 5.69 Å². The first-order chi connectivity index (χ1) is 7.22. The molecule has 0 bridgehead atoms. The number of benzene rings is 1. The van der Waals surface area contributed by atoms with Gasteiger partial charge in [-0.25, -0.2) is 4.98 Å². The summed E-state index contributed by atoms with van der Waals surface area (Å²) >= 11 is 5.99. The molecule has 0 radical (unpaired) electrons. The Bertz CT molecular complexity index is 505. The first-order valence-electron chi connectivity index (χ1n) is 4.40. The van der Waals surface area contributed by atoms with Crippen LogP contribution in [0, 0.1) is 6.92 Å². The number of hydrogen-bond donors (Lipinski definition) is 0. The van der Waals surface area contributed by atoms with Crippen molar-refractivity contribution in [3.05, 3.63) is 40.9 Å². The van der Waals surface area contributed by atoms with Crippen LogP contribution in [0.15, 0.2) is 28.7 Å². The van der Waals surface area contributed by atoms with Gasteiger partial charge in [-0.1, -0.05) is 23.7 Å². The van der Waals surface area contributed by atoms with E-state index < -0.39 is 0 Å². The average Bonchev–Trinajstić information content (AvgIpc) is 2.60. The number of carbonyl (C=O) groups is 1. The second-order valence-electron chi connectivity index (χ2n) is 3.04. The predicted octanol–water partition coefficient (Wildman–Crippen LogP) is 3.12. The van der Waals surface area contributed by atoms with Crippen molar-refractivity contribution in [3.8, 4) is 11.3 Å². The van der Waals surface area contributed by atoms with E-state index in [2.05, 4.69) is 4.98 Å². The summed E-state index contributed by atoms with van der Waals surface area (Å²) in [6, 6.07) is 7.17. The maximum Gasteiger partial charge on any atom is 0.192 e. The second kappa shape index (κ2) is 3.87. The fourth-order valence-electron chi connectivity index (χ4n) is 1.36. The molecule has 2 rings (SSSR count). The van der Waals surface area contributed by atoms with E-state index in [0.717, 1.165) is 0 Å². The maximum absolute atomic E-state index is 10.8. The number of oxazole rings is 1. The fraction of sp³-hybridized carbons (Fsp3) is 0.0909. The molecule has 0 fully saturated rings. The zero-order valence-corrected chi connectivity index (χ0v) is 8.78. The van der Waals surface area contributed by atoms with Gasteiger partial charge in [-0.2, -0.15) is 0 Å². The van der Waals surface area contributed by atoms with Crippen molar-refractivity contribution in [2.75, 3.05) is 0 Å². The Morgan fingerprint density at radius 3 is 2.80 bits per heavy atom. The highest BCUT2D eigenvalue weighted by Gasteiger charge is 2.14. The van der Waals surface area contributed by atoms with Crippen LogP contribution in [0.2, 0.25) is 5.02 Å². The molecule has 0 atom stereocenters. The molecule has 0 aliphatic carbocycles. The fourth-order valence-corrected chi connectivity index (χ4v) is 1.58. The lowest BCUT2D eigenvalue weighted by Crippen LogP contribution is -1.84. The van der Waals surface area contributed by atoms with Crippen molar-refractivity contribution in [3.63, 3.8) is 0 Å². The largest absolute Gasteiger partial charge is 0.440 e. The summed E-state index contributed by atoms with van der Waals surface area (Å²) in [5.41, 5.74) is 0.961. The van der Waals surface area contributed by atoms with Crippen molar-refractivity contribution < 1.29 is 9.21 Å². The molecular formula is C11H8ClNO2. The monoisotopic (exact) mass is 221 g/mol. The molecule has 76 valence electrons. The van der Waals surface area contributed by atoms with E-state index in [1.807, 2.05) is 12.1 Å². The van der Waals surface area contributed by atoms with E-state index in [1.54, 1.807) is 19.1 Å². The minimum Gasteiger partial charge on any atom is -0.440 e. The number of aryl methyl sites for hydroxylation is 1. The minimum atomic E-state index is 0.278. The van der Waals surface area contributed by atoms with Gasteiger partial charge in [0.25, 0.3) is 0 Å². The Kier molecular flexibility index (Phi) is 2.56. The molecule has 1 aromatic carbocycles. The minimum absolute atomic E-state index is 0.278. The number of rotatable bonds is 2. The van der Waals surface area contributed by atoms with Gasteiger partial charge >= 0.3 is 0 Å². The molecule has 0 saturated heterocycles. The smallest absolute Gasteiger partial charge is 0.192 e. The quantitative estimate of drug-likeness (QED) is 0.732. The lowest BCUT2D eigenvalue weighted by molar-refractivity contribution is 0.111. The standard InChI is InChI=1S/C11H8ClNO2/c1-7-13-10(6-14)11(15-7)8-4-2-3-5-9(8)12/h2-6H,1H3. The molecule has 1 aromatic heterocycles. The average molecular weight is 222 g/mol. The molecule has 3 nitrogen and oxygen atoms in total. The molecule has 15 heavy (non-hydrogen) atoms. The molecule has 0 aliphatic rings. The van der Waals surface area contributed by atoms with E-state index in [0.29, 0.717) is 28.5 Å². The number of halogens is 1. The van der Waals surface area contributed by atoms with Gasteiger partial charge in [-0.15, -0.1) is 0 Å². The summed E-state index contributed by atoms with van der Waals surface area (Å²) in [5, 5.41) is 0.539. The number of nitrogens with zero attached hydrogens (tertiary/aromatic N) is 1. The first kappa shape index (κ1) is 9.93. The molecule has 0 N–H and O–H groups in total. The van der Waals surface area contributed by atoms with Gasteiger partial charge in [0, 0.05) is 12.5 Å². The third kappa shape index (κ3) is 1.78. The Labute approximate surface area is 91.7 Å². The first-order valence-corrected chi connectivity index (χ1v) is 4.77. The highest BCUT2D eigenvalue weighted by molar-refractivity contribution is 6.33. The third-order valence-electron chi connectivity index (χ3n) is 1.99. The Morgan fingerprint density at radius 2 is 2.13 bits per heavy atom. The summed E-state index contributed by atoms with van der Waals surface area (Å²) < 4.78 is 5.35. The number of hydrogen-bond acceptors (Lipinski definition) is 3. The Morgan fingerprint density at radius 1 is 1.40 bits per heavy atom. The van der Waals surface area contributed by atoms with Crippen LogP contribution in [0.1, 0.15) is 16.4 Å². The summed E-state index contributed by atoms with van der Waals surface area (Å²) in [6.45, 7) is 1.69. The highest BCUT2D eigenvalue weighted by atomic mass is 35.5. The van der Waals surface area contributed by atoms with Crippen molar-refractivity contribution in [1.29, 1.82) is 0 Å². The molecule has 1 heterocycles. The van der Waals surface area contributed by atoms with Crippen molar-refractivity contribution >= 4 is 17.9 Å². The van der Waals surface area contributed by atoms with Gasteiger partial charge in [0.05, 0.1) is 5.02 Å². The van der Waals surface area contributed by atoms with Crippen LogP contribution in [-0.4, -0.2) is 11.3 Å². The van der Waals surface area contributed by atoms with Crippen molar-refractivity contribution in [2.45, 2.75) is 6.92 Å². The predicted molar refractivity (Wildman–Crippen MR) is 57.1 cm³/mol. The maximum atomic E-state index is 10.8. The van der Waals surface area contributed by atoms with Gasteiger partial charge in [0.2, 0.25) is 0 Å². The normalized spacial score (nSPS) is 10.3. The van der Waals surface area contributed by atoms with E-state index in [9.17, 15) is 4.79 Å². The van der Waals surface area contributed by atoms with Gasteiger partial charge in [0.15, 0.2) is 17.9 Å². The lowest BCUT2D eigenvalue weighted by Gasteiger charge is -1.99. The molecule has 0 unspecified atom stereocenters. The number of carbonyl (C=O) groups excluding carboxylic acids is 1. The van der Waals surface area contributed by atoms with Gasteiger partial charge in [0.1, 0.15) is 5.69 Å². The van der Waals surface area contributed by atoms with Crippen molar-refractivity contribution in [2.24, 2.45) is 0 Å². The van der Waals surface area contributed by atoms with Crippen LogP contribution < -0.4 is 0 Å². The molecule has 0 aliphatic heterocycles. The SMILES string of the molecule is Cc1nc(C=O)c(-c2ccccc2Cl)o1. The zero-order chi connectivity index (χ0) is 10.8. The van der Waals surface area contributed by atoms with Crippen LogP contribution in [0.4, 0.5) is 0 Å². The third-order valence-corrected chi connectivity index (χ3v) is 2.32. The summed E-state index contributed by atoms with van der Waals surface area (Å²) in [6.07, 6.45) is 0.662. The molecule has 0 amide bonds. The van der Waals surface area contributed by atoms with Crippen LogP contribution in [0.25, 0.3) is 11.3 Å². The van der Waals surface area contributed by atoms with E-state index >= 15 is 0 Å². The summed E-state index contributed by atoms with van der Waals surface area (Å²) in [4.78, 5) is 14.7. The highest BCUT2D eigenvalue weighted by Crippen LogP contribution is 2.30. The molecule has 0 saturated carbocycles. The van der Waals surface area contributed by atoms with E-state index in [4.69, 9.17) is 16.0 Å². The molecule has 0 spiro atoms. The van der Waals surface area contributed by atoms with E-state index in [1.165, 1.54) is 0 Å². The second-order valence-corrected chi connectivity index (χ2v) is 3.45. The van der Waals surface area contributed by atoms with Gasteiger partial charge in [-0.05, 0) is 12.1 Å². The van der Waals surface area contributed by atoms with Gasteiger partial charge < -0.3 is 4.42 Å². The summed E-state index contributed by atoms with van der Waals surface area (Å²) in [5.74, 6) is 0.875. The number of aldehydes is 1. The van der Waals surface area contributed by atoms with Crippen LogP contribution in [-0.2, 0) is 0 Å². The Hall–Kier alpha value is -1.61. The molecule has 2 aromatic rings. The zero-order valence-electron chi connectivity index (χ0n) is 8.03. The van der Waals surface area contributed by atoms with Crippen LogP contribution in [0.5, 0.6) is 0 Å².